The van der Waals surface area contributed by atoms with E-state index < -0.39 is 0 Å². The number of rotatable bonds is 6. The fourth-order valence-corrected chi connectivity index (χ4v) is 4.72. The van der Waals surface area contributed by atoms with Gasteiger partial charge in [0, 0.05) is 24.1 Å². The lowest BCUT2D eigenvalue weighted by Gasteiger charge is -2.17. The molecule has 2 heterocycles. The van der Waals surface area contributed by atoms with Gasteiger partial charge in [0.1, 0.15) is 16.5 Å². The van der Waals surface area contributed by atoms with Crippen LogP contribution < -0.4 is 5.32 Å². The molecule has 0 saturated heterocycles. The Morgan fingerprint density at radius 3 is 2.70 bits per heavy atom. The van der Waals surface area contributed by atoms with Crippen LogP contribution >= 0.6 is 11.3 Å². The second-order valence-corrected chi connectivity index (χ2v) is 8.29. The van der Waals surface area contributed by atoms with Crippen molar-refractivity contribution in [3.8, 4) is 11.1 Å². The fraction of sp³-hybridized carbons (Fsp3) is 0.429. The third kappa shape index (κ3) is 3.98. The summed E-state index contributed by atoms with van der Waals surface area (Å²) < 4.78 is 5.54. The number of nitrogens with zero attached hydrogens (tertiary/aromatic N) is 3. The molecule has 1 fully saturated rings. The van der Waals surface area contributed by atoms with E-state index in [4.69, 9.17) is 14.7 Å². The van der Waals surface area contributed by atoms with E-state index in [1.54, 1.807) is 18.4 Å². The highest BCUT2D eigenvalue weighted by Crippen LogP contribution is 2.38. The largest absolute Gasteiger partial charge is 0.381 e. The molecular weight excluding hydrogens is 356 g/mol. The van der Waals surface area contributed by atoms with Gasteiger partial charge in [-0.3, -0.25) is 0 Å². The molecule has 2 aromatic heterocycles. The zero-order chi connectivity index (χ0) is 18.8. The predicted molar refractivity (Wildman–Crippen MR) is 112 cm³/mol. The molecule has 6 heteroatoms. The van der Waals surface area contributed by atoms with E-state index in [0.717, 1.165) is 47.7 Å². The van der Waals surface area contributed by atoms with Gasteiger partial charge in [0.15, 0.2) is 0 Å². The molecule has 27 heavy (non-hydrogen) atoms. The smallest absolute Gasteiger partial charge is 0.146 e. The monoisotopic (exact) mass is 382 g/mol. The standard InChI is InChI=1S/C21H26N4OS/c1-25(2)12-18-23-20(22-15-9-10-16(11-15)26-3)19-17(13-27-21(19)24-18)14-7-5-4-6-8-14/h4-8,13,15-16H,9-12H2,1-3H3,(H,22,23,24). The summed E-state index contributed by atoms with van der Waals surface area (Å²) in [7, 11) is 5.90. The second kappa shape index (κ2) is 7.92. The van der Waals surface area contributed by atoms with Gasteiger partial charge in [-0.2, -0.15) is 0 Å². The van der Waals surface area contributed by atoms with Crippen LogP contribution in [-0.2, 0) is 11.3 Å². The van der Waals surface area contributed by atoms with Crippen molar-refractivity contribution in [2.45, 2.75) is 38.0 Å². The van der Waals surface area contributed by atoms with Crippen molar-refractivity contribution < 1.29 is 4.74 Å². The molecule has 2 unspecified atom stereocenters. The van der Waals surface area contributed by atoms with Crippen LogP contribution in [0.15, 0.2) is 35.7 Å². The zero-order valence-electron chi connectivity index (χ0n) is 16.1. The van der Waals surface area contributed by atoms with E-state index in [0.29, 0.717) is 12.1 Å². The number of methoxy groups -OCH3 is 1. The van der Waals surface area contributed by atoms with Crippen molar-refractivity contribution in [3.05, 3.63) is 41.5 Å². The van der Waals surface area contributed by atoms with Crippen molar-refractivity contribution in [1.82, 2.24) is 14.9 Å². The fourth-order valence-electron chi connectivity index (χ4n) is 3.75. The SMILES string of the molecule is COC1CCC(Nc2nc(CN(C)C)nc3scc(-c4ccccc4)c23)C1. The Hall–Kier alpha value is -2.02. The van der Waals surface area contributed by atoms with E-state index in [-0.39, 0.29) is 0 Å². The van der Waals surface area contributed by atoms with Crippen LogP contribution in [0, 0.1) is 0 Å². The number of ether oxygens (including phenoxy) is 1. The highest BCUT2D eigenvalue weighted by molar-refractivity contribution is 7.17. The number of anilines is 1. The molecule has 0 spiro atoms. The molecule has 1 N–H and O–H groups in total. The Bertz CT molecular complexity index is 909. The maximum atomic E-state index is 5.54. The number of benzene rings is 1. The maximum absolute atomic E-state index is 5.54. The number of hydrogen-bond acceptors (Lipinski definition) is 6. The Kier molecular flexibility index (Phi) is 5.38. The third-order valence-electron chi connectivity index (χ3n) is 5.08. The van der Waals surface area contributed by atoms with Crippen LogP contribution in [0.25, 0.3) is 21.3 Å². The van der Waals surface area contributed by atoms with Gasteiger partial charge in [-0.05, 0) is 38.9 Å². The highest BCUT2D eigenvalue weighted by Gasteiger charge is 2.26. The van der Waals surface area contributed by atoms with E-state index in [9.17, 15) is 0 Å². The quantitative estimate of drug-likeness (QED) is 0.685. The maximum Gasteiger partial charge on any atom is 0.146 e. The van der Waals surface area contributed by atoms with Gasteiger partial charge in [0.2, 0.25) is 0 Å². The first kappa shape index (κ1) is 18.3. The van der Waals surface area contributed by atoms with Crippen LogP contribution in [0.1, 0.15) is 25.1 Å². The summed E-state index contributed by atoms with van der Waals surface area (Å²) in [5, 5.41) is 7.05. The third-order valence-corrected chi connectivity index (χ3v) is 5.95. The second-order valence-electron chi connectivity index (χ2n) is 7.43. The summed E-state index contributed by atoms with van der Waals surface area (Å²) >= 11 is 1.69. The van der Waals surface area contributed by atoms with E-state index in [1.807, 2.05) is 20.2 Å². The van der Waals surface area contributed by atoms with Gasteiger partial charge >= 0.3 is 0 Å². The Morgan fingerprint density at radius 2 is 2.00 bits per heavy atom. The molecule has 3 aromatic rings. The minimum absolute atomic E-state index is 0.345. The molecular formula is C21H26N4OS. The van der Waals surface area contributed by atoms with Gasteiger partial charge in [-0.15, -0.1) is 11.3 Å². The number of fused-ring (bicyclic) bond motifs is 1. The van der Waals surface area contributed by atoms with E-state index in [2.05, 4.69) is 39.9 Å². The molecule has 1 aliphatic rings. The van der Waals surface area contributed by atoms with Crippen molar-refractivity contribution in [2.75, 3.05) is 26.5 Å². The number of hydrogen-bond donors (Lipinski definition) is 1. The topological polar surface area (TPSA) is 50.3 Å². The molecule has 0 radical (unpaired) electrons. The first-order valence-electron chi connectivity index (χ1n) is 9.41. The molecule has 1 aliphatic carbocycles. The summed E-state index contributed by atoms with van der Waals surface area (Å²) in [5.41, 5.74) is 2.41. The van der Waals surface area contributed by atoms with Crippen molar-refractivity contribution in [2.24, 2.45) is 0 Å². The van der Waals surface area contributed by atoms with Crippen LogP contribution in [0.2, 0.25) is 0 Å². The number of aromatic nitrogens is 2. The number of nitrogens with one attached hydrogen (secondary N) is 1. The molecule has 142 valence electrons. The normalized spacial score (nSPS) is 19.9. The van der Waals surface area contributed by atoms with Crippen LogP contribution in [0.4, 0.5) is 5.82 Å². The van der Waals surface area contributed by atoms with Gasteiger partial charge in [0.25, 0.3) is 0 Å². The first-order valence-corrected chi connectivity index (χ1v) is 10.3. The summed E-state index contributed by atoms with van der Waals surface area (Å²) in [6.45, 7) is 0.731. The Labute approximate surface area is 164 Å². The van der Waals surface area contributed by atoms with Crippen molar-refractivity contribution in [1.29, 1.82) is 0 Å². The number of thiophene rings is 1. The minimum Gasteiger partial charge on any atom is -0.381 e. The first-order chi connectivity index (χ1) is 13.1. The van der Waals surface area contributed by atoms with Gasteiger partial charge in [-0.1, -0.05) is 30.3 Å². The van der Waals surface area contributed by atoms with Crippen LogP contribution in [0.5, 0.6) is 0 Å². The lowest BCUT2D eigenvalue weighted by atomic mass is 10.1. The van der Waals surface area contributed by atoms with E-state index in [1.165, 1.54) is 11.1 Å². The molecule has 1 saturated carbocycles. The van der Waals surface area contributed by atoms with Gasteiger partial charge in [-0.25, -0.2) is 9.97 Å². The van der Waals surface area contributed by atoms with Gasteiger partial charge in [0.05, 0.1) is 18.0 Å². The summed E-state index contributed by atoms with van der Waals surface area (Å²) in [5.74, 6) is 1.82. The van der Waals surface area contributed by atoms with Crippen molar-refractivity contribution >= 4 is 27.4 Å². The molecule has 2 atom stereocenters. The summed E-state index contributed by atoms with van der Waals surface area (Å²) in [4.78, 5) is 12.9. The predicted octanol–water partition coefficient (Wildman–Crippen LogP) is 4.40. The lowest BCUT2D eigenvalue weighted by Crippen LogP contribution is -2.20. The Balaban J connectivity index is 1.76. The molecule has 0 bridgehead atoms. The van der Waals surface area contributed by atoms with Crippen LogP contribution in [-0.4, -0.2) is 48.2 Å². The average Bonchev–Trinajstić information content (AvgIpc) is 3.28. The Morgan fingerprint density at radius 1 is 1.19 bits per heavy atom. The summed E-state index contributed by atoms with van der Waals surface area (Å²) in [6.07, 6.45) is 3.58. The van der Waals surface area contributed by atoms with E-state index >= 15 is 0 Å². The van der Waals surface area contributed by atoms with Crippen molar-refractivity contribution in [3.63, 3.8) is 0 Å². The highest BCUT2D eigenvalue weighted by atomic mass is 32.1. The molecule has 0 aliphatic heterocycles. The molecule has 0 amide bonds. The zero-order valence-corrected chi connectivity index (χ0v) is 16.9. The van der Waals surface area contributed by atoms with Crippen LogP contribution in [0.3, 0.4) is 0 Å². The molecule has 4 rings (SSSR count). The minimum atomic E-state index is 0.345. The molecule has 1 aromatic carbocycles. The average molecular weight is 383 g/mol. The summed E-state index contributed by atoms with van der Waals surface area (Å²) in [6, 6.07) is 10.9. The van der Waals surface area contributed by atoms with Gasteiger partial charge < -0.3 is 15.0 Å². The molecule has 5 nitrogen and oxygen atoms in total. The lowest BCUT2D eigenvalue weighted by molar-refractivity contribution is 0.108.